The Bertz CT molecular complexity index is 856. The Balaban J connectivity index is 1.54. The van der Waals surface area contributed by atoms with Gasteiger partial charge in [-0.2, -0.15) is 0 Å². The highest BCUT2D eigenvalue weighted by molar-refractivity contribution is 5.98. The number of nitrogens with zero attached hydrogens (tertiary/aromatic N) is 1. The van der Waals surface area contributed by atoms with Crippen molar-refractivity contribution in [2.24, 2.45) is 7.05 Å². The lowest BCUT2D eigenvalue weighted by Crippen LogP contribution is -2.28. The molecule has 3 rings (SSSR count). The molecule has 0 bridgehead atoms. The van der Waals surface area contributed by atoms with E-state index in [1.807, 2.05) is 66.2 Å². The number of carbonyl (C=O) groups excluding carboxylic acids is 1. The average Bonchev–Trinajstić information content (AvgIpc) is 2.98. The zero-order valence-electron chi connectivity index (χ0n) is 14.5. The number of fused-ring (bicyclic) bond motifs is 1. The number of nitrogens with one attached hydrogen (secondary N) is 1. The van der Waals surface area contributed by atoms with Gasteiger partial charge in [0.05, 0.1) is 25.8 Å². The van der Waals surface area contributed by atoms with Crippen LogP contribution in [0, 0.1) is 0 Å². The summed E-state index contributed by atoms with van der Waals surface area (Å²) in [6.07, 6.45) is 0. The molecule has 0 aliphatic rings. The molecule has 0 aliphatic carbocycles. The number of hydrogen-bond donors (Lipinski definition) is 1. The van der Waals surface area contributed by atoms with E-state index in [9.17, 15) is 4.79 Å². The number of methoxy groups -OCH3 is 1. The largest absolute Gasteiger partial charge is 0.497 e. The van der Waals surface area contributed by atoms with Crippen LogP contribution in [0.3, 0.4) is 0 Å². The summed E-state index contributed by atoms with van der Waals surface area (Å²) in [5.74, 6) is 0.663. The number of rotatable bonds is 7. The molecule has 25 heavy (non-hydrogen) atoms. The van der Waals surface area contributed by atoms with E-state index in [1.165, 1.54) is 0 Å². The minimum absolute atomic E-state index is 0.110. The molecule has 0 saturated heterocycles. The van der Waals surface area contributed by atoms with Crippen molar-refractivity contribution in [2.45, 2.75) is 6.61 Å². The quantitative estimate of drug-likeness (QED) is 0.674. The fraction of sp³-hybridized carbons (Fsp3) is 0.250. The van der Waals surface area contributed by atoms with Gasteiger partial charge in [0, 0.05) is 25.0 Å². The highest BCUT2D eigenvalue weighted by Gasteiger charge is 2.13. The number of aryl methyl sites for hydroxylation is 1. The second-order valence-electron chi connectivity index (χ2n) is 5.81. The van der Waals surface area contributed by atoms with Crippen LogP contribution in [-0.4, -0.2) is 30.7 Å². The first-order valence-corrected chi connectivity index (χ1v) is 8.22. The average molecular weight is 338 g/mol. The van der Waals surface area contributed by atoms with Crippen LogP contribution >= 0.6 is 0 Å². The summed E-state index contributed by atoms with van der Waals surface area (Å²) in [6.45, 7) is 1.49. The monoisotopic (exact) mass is 338 g/mol. The zero-order chi connectivity index (χ0) is 17.6. The molecule has 0 fully saturated rings. The highest BCUT2D eigenvalue weighted by atomic mass is 16.5. The molecule has 0 spiro atoms. The van der Waals surface area contributed by atoms with Crippen LogP contribution in [0.15, 0.2) is 54.6 Å². The molecule has 0 atom stereocenters. The van der Waals surface area contributed by atoms with Gasteiger partial charge in [0.25, 0.3) is 5.91 Å². The standard InChI is InChI=1S/C20H22N2O3/c1-22-18-13-17(24-2)9-8-16(18)12-19(22)20(23)21-10-11-25-14-15-6-4-3-5-7-15/h3-9,12-13H,10-11,14H2,1-2H3,(H,21,23). The molecule has 2 aromatic carbocycles. The van der Waals surface area contributed by atoms with Gasteiger partial charge in [0.15, 0.2) is 0 Å². The molecule has 1 aromatic heterocycles. The first kappa shape index (κ1) is 17.0. The van der Waals surface area contributed by atoms with Crippen molar-refractivity contribution < 1.29 is 14.3 Å². The smallest absolute Gasteiger partial charge is 0.268 e. The van der Waals surface area contributed by atoms with Crippen LogP contribution in [0.5, 0.6) is 5.75 Å². The van der Waals surface area contributed by atoms with Gasteiger partial charge in [-0.15, -0.1) is 0 Å². The van der Waals surface area contributed by atoms with Gasteiger partial charge < -0.3 is 19.4 Å². The summed E-state index contributed by atoms with van der Waals surface area (Å²) in [5.41, 5.74) is 2.70. The minimum Gasteiger partial charge on any atom is -0.497 e. The SMILES string of the molecule is COc1ccc2cc(C(=O)NCCOCc3ccccc3)n(C)c2c1. The Hall–Kier alpha value is -2.79. The molecule has 0 radical (unpaired) electrons. The maximum Gasteiger partial charge on any atom is 0.268 e. The predicted molar refractivity (Wildman–Crippen MR) is 97.9 cm³/mol. The van der Waals surface area contributed by atoms with Gasteiger partial charge in [0.2, 0.25) is 0 Å². The van der Waals surface area contributed by atoms with Crippen LogP contribution in [0.4, 0.5) is 0 Å². The van der Waals surface area contributed by atoms with E-state index in [-0.39, 0.29) is 5.91 Å². The predicted octanol–water partition coefficient (Wildman–Crippen LogP) is 3.13. The zero-order valence-corrected chi connectivity index (χ0v) is 14.5. The topological polar surface area (TPSA) is 52.5 Å². The van der Waals surface area contributed by atoms with E-state index in [2.05, 4.69) is 5.32 Å². The van der Waals surface area contributed by atoms with Crippen LogP contribution in [0.2, 0.25) is 0 Å². The third-order valence-corrected chi connectivity index (χ3v) is 4.13. The van der Waals surface area contributed by atoms with Gasteiger partial charge in [-0.3, -0.25) is 4.79 Å². The number of aromatic nitrogens is 1. The second-order valence-corrected chi connectivity index (χ2v) is 5.81. The third-order valence-electron chi connectivity index (χ3n) is 4.13. The van der Waals surface area contributed by atoms with E-state index < -0.39 is 0 Å². The molecular weight excluding hydrogens is 316 g/mol. The van der Waals surface area contributed by atoms with Gasteiger partial charge in [0.1, 0.15) is 11.4 Å². The molecular formula is C20H22N2O3. The first-order chi connectivity index (χ1) is 12.2. The summed E-state index contributed by atoms with van der Waals surface area (Å²) < 4.78 is 12.7. The van der Waals surface area contributed by atoms with E-state index in [4.69, 9.17) is 9.47 Å². The fourth-order valence-corrected chi connectivity index (χ4v) is 2.75. The molecule has 5 nitrogen and oxygen atoms in total. The van der Waals surface area contributed by atoms with E-state index >= 15 is 0 Å². The van der Waals surface area contributed by atoms with Crippen LogP contribution in [0.1, 0.15) is 16.1 Å². The minimum atomic E-state index is -0.110. The summed E-state index contributed by atoms with van der Waals surface area (Å²) in [4.78, 5) is 12.4. The van der Waals surface area contributed by atoms with Crippen molar-refractivity contribution in [3.63, 3.8) is 0 Å². The molecule has 3 aromatic rings. The molecule has 130 valence electrons. The number of ether oxygens (including phenoxy) is 2. The molecule has 5 heteroatoms. The van der Waals surface area contributed by atoms with Crippen molar-refractivity contribution in [1.29, 1.82) is 0 Å². The Morgan fingerprint density at radius 2 is 1.92 bits per heavy atom. The van der Waals surface area contributed by atoms with Crippen molar-refractivity contribution in [1.82, 2.24) is 9.88 Å². The lowest BCUT2D eigenvalue weighted by atomic mass is 10.2. The van der Waals surface area contributed by atoms with Gasteiger partial charge in [-0.1, -0.05) is 30.3 Å². The van der Waals surface area contributed by atoms with Crippen LogP contribution < -0.4 is 10.1 Å². The Morgan fingerprint density at radius 3 is 2.68 bits per heavy atom. The Morgan fingerprint density at radius 1 is 1.12 bits per heavy atom. The highest BCUT2D eigenvalue weighted by Crippen LogP contribution is 2.23. The van der Waals surface area contributed by atoms with E-state index in [0.717, 1.165) is 22.2 Å². The number of benzene rings is 2. The lowest BCUT2D eigenvalue weighted by Gasteiger charge is -2.08. The number of hydrogen-bond acceptors (Lipinski definition) is 3. The van der Waals surface area contributed by atoms with Crippen LogP contribution in [0.25, 0.3) is 10.9 Å². The molecule has 1 amide bonds. The molecule has 1 N–H and O–H groups in total. The van der Waals surface area contributed by atoms with Crippen molar-refractivity contribution in [3.8, 4) is 5.75 Å². The normalized spacial score (nSPS) is 10.8. The maximum absolute atomic E-state index is 12.4. The molecule has 1 heterocycles. The van der Waals surface area contributed by atoms with Gasteiger partial charge >= 0.3 is 0 Å². The van der Waals surface area contributed by atoms with Crippen molar-refractivity contribution in [2.75, 3.05) is 20.3 Å². The lowest BCUT2D eigenvalue weighted by molar-refractivity contribution is 0.0894. The molecule has 0 saturated carbocycles. The van der Waals surface area contributed by atoms with Gasteiger partial charge in [-0.25, -0.2) is 0 Å². The molecule has 0 aliphatic heterocycles. The number of amides is 1. The first-order valence-electron chi connectivity index (χ1n) is 8.22. The van der Waals surface area contributed by atoms with Crippen molar-refractivity contribution >= 4 is 16.8 Å². The van der Waals surface area contributed by atoms with E-state index in [0.29, 0.717) is 25.5 Å². The summed E-state index contributed by atoms with van der Waals surface area (Å²) in [5, 5.41) is 3.91. The Kier molecular flexibility index (Phi) is 5.36. The van der Waals surface area contributed by atoms with Gasteiger partial charge in [-0.05, 0) is 23.8 Å². The van der Waals surface area contributed by atoms with E-state index in [1.54, 1.807) is 7.11 Å². The summed E-state index contributed by atoms with van der Waals surface area (Å²) >= 11 is 0. The second kappa shape index (κ2) is 7.85. The number of carbonyl (C=O) groups is 1. The summed E-state index contributed by atoms with van der Waals surface area (Å²) in [7, 11) is 3.51. The van der Waals surface area contributed by atoms with Crippen molar-refractivity contribution in [3.05, 3.63) is 65.9 Å². The third kappa shape index (κ3) is 4.00. The Labute approximate surface area is 147 Å². The summed E-state index contributed by atoms with van der Waals surface area (Å²) in [6, 6.07) is 17.6. The fourth-order valence-electron chi connectivity index (χ4n) is 2.75. The molecule has 0 unspecified atom stereocenters. The van der Waals surface area contributed by atoms with Crippen LogP contribution in [-0.2, 0) is 18.4 Å². The maximum atomic E-state index is 12.4.